The molecule has 1 aliphatic rings. The van der Waals surface area contributed by atoms with Crippen molar-refractivity contribution in [1.82, 2.24) is 4.90 Å². The van der Waals surface area contributed by atoms with Gasteiger partial charge >= 0.3 is 0 Å². The predicted molar refractivity (Wildman–Crippen MR) is 68.9 cm³/mol. The van der Waals surface area contributed by atoms with E-state index in [1.165, 1.54) is 29.7 Å². The number of likely N-dealkylation sites (N-methyl/N-ethyl adjacent to an activating group) is 1. The molecule has 80 valence electrons. The molecule has 1 aliphatic heterocycles. The normalized spacial score (nSPS) is 18.3. The van der Waals surface area contributed by atoms with Crippen molar-refractivity contribution >= 4 is 21.5 Å². The van der Waals surface area contributed by atoms with E-state index in [2.05, 4.69) is 59.1 Å². The number of hydrogen-bond donors (Lipinski definition) is 0. The van der Waals surface area contributed by atoms with Gasteiger partial charge in [0.2, 0.25) is 0 Å². The first-order valence-corrected chi connectivity index (χ1v) is 6.09. The molecule has 0 saturated heterocycles. The fourth-order valence-electron chi connectivity index (χ4n) is 2.14. The zero-order chi connectivity index (χ0) is 10.8. The highest BCUT2D eigenvalue weighted by molar-refractivity contribution is 9.10. The van der Waals surface area contributed by atoms with Crippen LogP contribution >= 0.6 is 15.9 Å². The molecule has 1 nitrogen and oxygen atoms in total. The summed E-state index contributed by atoms with van der Waals surface area (Å²) in [6.45, 7) is 4.52. The van der Waals surface area contributed by atoms with Gasteiger partial charge in [0.25, 0.3) is 0 Å². The summed E-state index contributed by atoms with van der Waals surface area (Å²) in [6.07, 6.45) is 1.17. The Morgan fingerprint density at radius 2 is 1.87 bits per heavy atom. The van der Waals surface area contributed by atoms with E-state index in [1.54, 1.807) is 0 Å². The van der Waals surface area contributed by atoms with Crippen LogP contribution in [0.4, 0.5) is 0 Å². The summed E-state index contributed by atoms with van der Waals surface area (Å²) in [7, 11) is 2.18. The Hall–Kier alpha value is -0.600. The molecule has 0 spiro atoms. The predicted octanol–water partition coefficient (Wildman–Crippen LogP) is 3.56. The van der Waals surface area contributed by atoms with Gasteiger partial charge in [0.05, 0.1) is 0 Å². The summed E-state index contributed by atoms with van der Waals surface area (Å²) in [5.74, 6) is 0. The molecule has 0 bridgehead atoms. The van der Waals surface area contributed by atoms with Gasteiger partial charge in [0, 0.05) is 17.6 Å². The summed E-state index contributed by atoms with van der Waals surface area (Å²) in [5, 5.41) is 0. The summed E-state index contributed by atoms with van der Waals surface area (Å²) >= 11 is 3.47. The fraction of sp³-hybridized carbons (Fsp3) is 0.385. The maximum Gasteiger partial charge on any atom is 0.0193 e. The van der Waals surface area contributed by atoms with Crippen LogP contribution in [-0.4, -0.2) is 25.0 Å². The van der Waals surface area contributed by atoms with Gasteiger partial charge in [0.1, 0.15) is 0 Å². The SMILES string of the molecule is CC1=C(c2ccc(Br)cc2)CCN(C)C1. The molecule has 1 heterocycles. The first-order valence-electron chi connectivity index (χ1n) is 5.30. The zero-order valence-corrected chi connectivity index (χ0v) is 10.8. The minimum Gasteiger partial charge on any atom is -0.302 e. The second-order valence-electron chi connectivity index (χ2n) is 4.25. The van der Waals surface area contributed by atoms with Crippen LogP contribution in [0.1, 0.15) is 18.9 Å². The van der Waals surface area contributed by atoms with Crippen LogP contribution in [0.15, 0.2) is 34.3 Å². The first kappa shape index (κ1) is 10.9. The average molecular weight is 266 g/mol. The number of nitrogens with zero attached hydrogens (tertiary/aromatic N) is 1. The topological polar surface area (TPSA) is 3.24 Å². The van der Waals surface area contributed by atoms with Crippen molar-refractivity contribution in [2.45, 2.75) is 13.3 Å². The van der Waals surface area contributed by atoms with Gasteiger partial charge < -0.3 is 4.90 Å². The maximum atomic E-state index is 3.47. The number of hydrogen-bond acceptors (Lipinski definition) is 1. The second kappa shape index (κ2) is 4.50. The van der Waals surface area contributed by atoms with Crippen LogP contribution in [-0.2, 0) is 0 Å². The van der Waals surface area contributed by atoms with Crippen LogP contribution < -0.4 is 0 Å². The molecule has 2 rings (SSSR count). The van der Waals surface area contributed by atoms with Crippen molar-refractivity contribution in [3.63, 3.8) is 0 Å². The smallest absolute Gasteiger partial charge is 0.0193 e. The second-order valence-corrected chi connectivity index (χ2v) is 5.17. The lowest BCUT2D eigenvalue weighted by molar-refractivity contribution is 0.359. The Morgan fingerprint density at radius 3 is 2.47 bits per heavy atom. The van der Waals surface area contributed by atoms with Crippen LogP contribution in [0.3, 0.4) is 0 Å². The van der Waals surface area contributed by atoms with E-state index < -0.39 is 0 Å². The Morgan fingerprint density at radius 1 is 1.20 bits per heavy atom. The molecule has 0 aromatic heterocycles. The first-order chi connectivity index (χ1) is 7.16. The molecule has 0 amide bonds. The molecule has 2 heteroatoms. The number of halogens is 1. The quantitative estimate of drug-likeness (QED) is 0.751. The molecule has 15 heavy (non-hydrogen) atoms. The van der Waals surface area contributed by atoms with Gasteiger partial charge in [-0.1, -0.05) is 33.6 Å². The van der Waals surface area contributed by atoms with Crippen LogP contribution in [0, 0.1) is 0 Å². The summed E-state index contributed by atoms with van der Waals surface area (Å²) in [6, 6.07) is 8.64. The fourth-order valence-corrected chi connectivity index (χ4v) is 2.40. The molecular formula is C13H16BrN. The van der Waals surface area contributed by atoms with Crippen LogP contribution in [0.2, 0.25) is 0 Å². The highest BCUT2D eigenvalue weighted by Gasteiger charge is 2.14. The lowest BCUT2D eigenvalue weighted by Gasteiger charge is -2.26. The molecule has 0 fully saturated rings. The summed E-state index contributed by atoms with van der Waals surface area (Å²) in [4.78, 5) is 2.37. The van der Waals surface area contributed by atoms with Gasteiger partial charge in [-0.15, -0.1) is 0 Å². The molecule has 1 aromatic rings. The lowest BCUT2D eigenvalue weighted by atomic mass is 9.95. The molecular weight excluding hydrogens is 250 g/mol. The molecule has 0 radical (unpaired) electrons. The van der Waals surface area contributed by atoms with Gasteiger partial charge in [-0.2, -0.15) is 0 Å². The van der Waals surface area contributed by atoms with E-state index in [-0.39, 0.29) is 0 Å². The summed E-state index contributed by atoms with van der Waals surface area (Å²) < 4.78 is 1.15. The molecule has 0 unspecified atom stereocenters. The maximum absolute atomic E-state index is 3.47. The zero-order valence-electron chi connectivity index (χ0n) is 9.26. The monoisotopic (exact) mass is 265 g/mol. The third kappa shape index (κ3) is 2.50. The van der Waals surface area contributed by atoms with Crippen molar-refractivity contribution in [2.75, 3.05) is 20.1 Å². The van der Waals surface area contributed by atoms with Crippen molar-refractivity contribution < 1.29 is 0 Å². The van der Waals surface area contributed by atoms with E-state index in [0.29, 0.717) is 0 Å². The minimum atomic E-state index is 1.10. The van der Waals surface area contributed by atoms with Gasteiger partial charge in [-0.05, 0) is 43.7 Å². The van der Waals surface area contributed by atoms with Crippen LogP contribution in [0.25, 0.3) is 5.57 Å². The van der Waals surface area contributed by atoms with E-state index in [4.69, 9.17) is 0 Å². The van der Waals surface area contributed by atoms with E-state index in [0.717, 1.165) is 11.0 Å². The number of rotatable bonds is 1. The van der Waals surface area contributed by atoms with E-state index >= 15 is 0 Å². The van der Waals surface area contributed by atoms with E-state index in [1.807, 2.05) is 0 Å². The van der Waals surface area contributed by atoms with Crippen molar-refractivity contribution in [1.29, 1.82) is 0 Å². The van der Waals surface area contributed by atoms with Gasteiger partial charge in [-0.25, -0.2) is 0 Å². The van der Waals surface area contributed by atoms with Crippen molar-refractivity contribution in [2.24, 2.45) is 0 Å². The third-order valence-electron chi connectivity index (χ3n) is 2.96. The van der Waals surface area contributed by atoms with Crippen LogP contribution in [0.5, 0.6) is 0 Å². The largest absolute Gasteiger partial charge is 0.302 e. The Kier molecular flexibility index (Phi) is 3.27. The summed E-state index contributed by atoms with van der Waals surface area (Å²) in [5.41, 5.74) is 4.41. The average Bonchev–Trinajstić information content (AvgIpc) is 2.20. The molecule has 1 aromatic carbocycles. The van der Waals surface area contributed by atoms with Crippen molar-refractivity contribution in [3.05, 3.63) is 39.9 Å². The molecule has 0 N–H and O–H groups in total. The molecule has 0 aliphatic carbocycles. The number of benzene rings is 1. The third-order valence-corrected chi connectivity index (χ3v) is 3.49. The van der Waals surface area contributed by atoms with Gasteiger partial charge in [-0.3, -0.25) is 0 Å². The van der Waals surface area contributed by atoms with E-state index in [9.17, 15) is 0 Å². The lowest BCUT2D eigenvalue weighted by Crippen LogP contribution is -2.26. The Bertz CT molecular complexity index is 378. The highest BCUT2D eigenvalue weighted by Crippen LogP contribution is 2.27. The minimum absolute atomic E-state index is 1.10. The Balaban J connectivity index is 2.30. The molecule has 0 saturated carbocycles. The van der Waals surface area contributed by atoms with Gasteiger partial charge in [0.15, 0.2) is 0 Å². The van der Waals surface area contributed by atoms with Crippen molar-refractivity contribution in [3.8, 4) is 0 Å². The highest BCUT2D eigenvalue weighted by atomic mass is 79.9. The molecule has 0 atom stereocenters. The Labute approximate surface area is 99.9 Å². The standard InChI is InChI=1S/C13H16BrN/c1-10-9-15(2)8-7-13(10)11-3-5-12(14)6-4-11/h3-6H,7-9H2,1-2H3.